The molecule has 12 heavy (non-hydrogen) atoms. The van der Waals surface area contributed by atoms with Crippen molar-refractivity contribution in [2.75, 3.05) is 12.3 Å². The fourth-order valence-electron chi connectivity index (χ4n) is 1.20. The van der Waals surface area contributed by atoms with Crippen LogP contribution in [0, 0.1) is 5.92 Å². The van der Waals surface area contributed by atoms with E-state index in [9.17, 15) is 0 Å². The quantitative estimate of drug-likeness (QED) is 0.506. The maximum absolute atomic E-state index is 5.52. The summed E-state index contributed by atoms with van der Waals surface area (Å²) in [6.45, 7) is 8.08. The fraction of sp³-hybridized carbons (Fsp3) is 1.00. The van der Waals surface area contributed by atoms with Crippen molar-refractivity contribution in [3.63, 3.8) is 0 Å². The van der Waals surface area contributed by atoms with Crippen molar-refractivity contribution in [1.29, 1.82) is 0 Å². The molecular formula is C9H23NSSi. The van der Waals surface area contributed by atoms with Gasteiger partial charge in [-0.1, -0.05) is 32.1 Å². The Morgan fingerprint density at radius 2 is 1.83 bits per heavy atom. The van der Waals surface area contributed by atoms with E-state index in [0.717, 1.165) is 24.6 Å². The van der Waals surface area contributed by atoms with Crippen LogP contribution >= 0.6 is 12.6 Å². The molecule has 1 unspecified atom stereocenters. The lowest BCUT2D eigenvalue weighted by atomic mass is 10.1. The van der Waals surface area contributed by atoms with Crippen molar-refractivity contribution in [2.24, 2.45) is 11.7 Å². The Labute approximate surface area is 83.5 Å². The Hall–Kier alpha value is 0.527. The molecule has 0 rings (SSSR count). The van der Waals surface area contributed by atoms with E-state index in [0.29, 0.717) is 0 Å². The molecular weight excluding hydrogens is 182 g/mol. The maximum Gasteiger partial charge on any atom is 0.0442 e. The predicted molar refractivity (Wildman–Crippen MR) is 63.8 cm³/mol. The molecule has 3 heteroatoms. The Morgan fingerprint density at radius 1 is 1.25 bits per heavy atom. The van der Waals surface area contributed by atoms with Crippen molar-refractivity contribution < 1.29 is 0 Å². The number of rotatable bonds is 6. The Morgan fingerprint density at radius 3 is 2.17 bits per heavy atom. The Kier molecular flexibility index (Phi) is 6.32. The Bertz CT molecular complexity index is 112. The molecule has 0 radical (unpaired) electrons. The lowest BCUT2D eigenvalue weighted by Gasteiger charge is -2.20. The van der Waals surface area contributed by atoms with Crippen LogP contribution in [0.4, 0.5) is 0 Å². The molecule has 0 spiro atoms. The first-order valence-corrected chi connectivity index (χ1v) is 9.14. The third-order valence-electron chi connectivity index (χ3n) is 2.14. The van der Waals surface area contributed by atoms with E-state index in [4.69, 9.17) is 5.73 Å². The van der Waals surface area contributed by atoms with Gasteiger partial charge in [-0.3, -0.25) is 0 Å². The molecule has 0 amide bonds. The van der Waals surface area contributed by atoms with E-state index < -0.39 is 8.07 Å². The van der Waals surface area contributed by atoms with Gasteiger partial charge in [-0.05, 0) is 24.6 Å². The standard InChI is InChI=1S/C9H23NSSi/c1-12(2,3)7-5-9(8-11)4-6-10/h9,11H,4-8,10H2,1-3H3. The van der Waals surface area contributed by atoms with Gasteiger partial charge in [0.05, 0.1) is 0 Å². The van der Waals surface area contributed by atoms with Crippen molar-refractivity contribution in [3.05, 3.63) is 0 Å². The second-order valence-electron chi connectivity index (χ2n) is 4.73. The van der Waals surface area contributed by atoms with Crippen LogP contribution in [0.2, 0.25) is 25.7 Å². The first-order valence-electron chi connectivity index (χ1n) is 4.80. The Balaban J connectivity index is 3.58. The van der Waals surface area contributed by atoms with Gasteiger partial charge in [-0.15, -0.1) is 0 Å². The van der Waals surface area contributed by atoms with Gasteiger partial charge in [0.2, 0.25) is 0 Å². The van der Waals surface area contributed by atoms with Gasteiger partial charge < -0.3 is 5.73 Å². The van der Waals surface area contributed by atoms with Crippen molar-refractivity contribution in [3.8, 4) is 0 Å². The van der Waals surface area contributed by atoms with Crippen LogP contribution in [0.25, 0.3) is 0 Å². The van der Waals surface area contributed by atoms with Crippen LogP contribution < -0.4 is 5.73 Å². The fourth-order valence-corrected chi connectivity index (χ4v) is 2.84. The second-order valence-corrected chi connectivity index (χ2v) is 10.7. The predicted octanol–water partition coefficient (Wildman–Crippen LogP) is 2.61. The lowest BCUT2D eigenvalue weighted by Crippen LogP contribution is -2.21. The van der Waals surface area contributed by atoms with Crippen LogP contribution in [-0.2, 0) is 0 Å². The lowest BCUT2D eigenvalue weighted by molar-refractivity contribution is 0.531. The van der Waals surface area contributed by atoms with Gasteiger partial charge >= 0.3 is 0 Å². The van der Waals surface area contributed by atoms with Gasteiger partial charge in [-0.25, -0.2) is 0 Å². The van der Waals surface area contributed by atoms with Crippen LogP contribution in [0.3, 0.4) is 0 Å². The summed E-state index contributed by atoms with van der Waals surface area (Å²) in [7, 11) is -0.840. The maximum atomic E-state index is 5.52. The molecule has 2 N–H and O–H groups in total. The van der Waals surface area contributed by atoms with E-state index in [2.05, 4.69) is 32.3 Å². The third kappa shape index (κ3) is 7.19. The molecule has 74 valence electrons. The first kappa shape index (κ1) is 12.5. The first-order chi connectivity index (χ1) is 5.49. The minimum absolute atomic E-state index is 0.755. The highest BCUT2D eigenvalue weighted by molar-refractivity contribution is 7.80. The summed E-state index contributed by atoms with van der Waals surface area (Å²) in [5.41, 5.74) is 5.52. The molecule has 1 atom stereocenters. The molecule has 0 saturated heterocycles. The molecule has 0 aliphatic rings. The number of thiol groups is 1. The van der Waals surface area contributed by atoms with E-state index >= 15 is 0 Å². The molecule has 0 aromatic carbocycles. The number of nitrogens with two attached hydrogens (primary N) is 1. The highest BCUT2D eigenvalue weighted by Gasteiger charge is 2.15. The highest BCUT2D eigenvalue weighted by Crippen LogP contribution is 2.19. The molecule has 0 aliphatic carbocycles. The van der Waals surface area contributed by atoms with Crippen LogP contribution in [-0.4, -0.2) is 20.4 Å². The largest absolute Gasteiger partial charge is 0.330 e. The van der Waals surface area contributed by atoms with Crippen LogP contribution in [0.5, 0.6) is 0 Å². The molecule has 0 aromatic rings. The average molecular weight is 205 g/mol. The van der Waals surface area contributed by atoms with Gasteiger partial charge in [0.15, 0.2) is 0 Å². The molecule has 0 aromatic heterocycles. The normalized spacial score (nSPS) is 14.8. The molecule has 0 saturated carbocycles. The van der Waals surface area contributed by atoms with E-state index in [1.54, 1.807) is 0 Å². The van der Waals surface area contributed by atoms with Gasteiger partial charge in [0.1, 0.15) is 0 Å². The van der Waals surface area contributed by atoms with Crippen molar-refractivity contribution in [2.45, 2.75) is 38.5 Å². The minimum atomic E-state index is -0.840. The zero-order valence-electron chi connectivity index (χ0n) is 8.64. The van der Waals surface area contributed by atoms with E-state index in [1.165, 1.54) is 12.5 Å². The van der Waals surface area contributed by atoms with Gasteiger partial charge in [-0.2, -0.15) is 12.6 Å². The summed E-state index contributed by atoms with van der Waals surface area (Å²) in [5.74, 6) is 1.76. The topological polar surface area (TPSA) is 26.0 Å². The number of hydrogen-bond acceptors (Lipinski definition) is 2. The van der Waals surface area contributed by atoms with Crippen LogP contribution in [0.1, 0.15) is 12.8 Å². The summed E-state index contributed by atoms with van der Waals surface area (Å²) in [6.07, 6.45) is 2.48. The van der Waals surface area contributed by atoms with Crippen LogP contribution in [0.15, 0.2) is 0 Å². The molecule has 0 bridgehead atoms. The summed E-state index contributed by atoms with van der Waals surface area (Å²) < 4.78 is 0. The zero-order chi connectivity index (χ0) is 9.61. The third-order valence-corrected chi connectivity index (χ3v) is 4.44. The van der Waals surface area contributed by atoms with Gasteiger partial charge in [0, 0.05) is 8.07 Å². The van der Waals surface area contributed by atoms with E-state index in [-0.39, 0.29) is 0 Å². The number of hydrogen-bond donors (Lipinski definition) is 2. The summed E-state index contributed by atoms with van der Waals surface area (Å²) in [6, 6.07) is 1.41. The van der Waals surface area contributed by atoms with Crippen molar-refractivity contribution in [1.82, 2.24) is 0 Å². The summed E-state index contributed by atoms with van der Waals surface area (Å²) >= 11 is 4.34. The molecule has 0 heterocycles. The van der Waals surface area contributed by atoms with Crippen molar-refractivity contribution >= 4 is 20.7 Å². The zero-order valence-corrected chi connectivity index (χ0v) is 10.5. The van der Waals surface area contributed by atoms with E-state index in [1.807, 2.05) is 0 Å². The molecule has 0 fully saturated rings. The monoisotopic (exact) mass is 205 g/mol. The minimum Gasteiger partial charge on any atom is -0.330 e. The SMILES string of the molecule is C[Si](C)(C)CCC(CS)CCN. The molecule has 0 aliphatic heterocycles. The van der Waals surface area contributed by atoms with Gasteiger partial charge in [0.25, 0.3) is 0 Å². The summed E-state index contributed by atoms with van der Waals surface area (Å²) in [4.78, 5) is 0. The summed E-state index contributed by atoms with van der Waals surface area (Å²) in [5, 5.41) is 0. The second kappa shape index (κ2) is 6.05. The highest BCUT2D eigenvalue weighted by atomic mass is 32.1. The molecule has 1 nitrogen and oxygen atoms in total. The smallest absolute Gasteiger partial charge is 0.0442 e. The average Bonchev–Trinajstić information content (AvgIpc) is 1.96.